The SMILES string of the molecule is CSc1nc(/C=C/c2ccc(SCc3ccccc3)cc2)cc(/C=C/c2ccc(SCc3ccccc3)cc2)n1. The van der Waals surface area contributed by atoms with Gasteiger partial charge in [-0.1, -0.05) is 109 Å². The van der Waals surface area contributed by atoms with Gasteiger partial charge in [-0.2, -0.15) is 0 Å². The fourth-order valence-corrected chi connectivity index (χ4v) is 6.02. The molecule has 0 unspecified atom stereocenters. The normalized spacial score (nSPS) is 11.4. The maximum atomic E-state index is 4.68. The average molecular weight is 575 g/mol. The van der Waals surface area contributed by atoms with Gasteiger partial charge < -0.3 is 0 Å². The van der Waals surface area contributed by atoms with Gasteiger partial charge in [-0.15, -0.1) is 23.5 Å². The highest BCUT2D eigenvalue weighted by atomic mass is 32.2. The Bertz CT molecular complexity index is 1430. The lowest BCUT2D eigenvalue weighted by Gasteiger charge is -2.04. The molecule has 0 aliphatic rings. The highest BCUT2D eigenvalue weighted by molar-refractivity contribution is 7.99. The van der Waals surface area contributed by atoms with Crippen molar-refractivity contribution in [1.82, 2.24) is 9.97 Å². The zero-order chi connectivity index (χ0) is 27.4. The molecule has 0 saturated carbocycles. The second-order valence-electron chi connectivity index (χ2n) is 9.06. The Labute approximate surface area is 250 Å². The summed E-state index contributed by atoms with van der Waals surface area (Å²) in [6, 6.07) is 40.5. The maximum absolute atomic E-state index is 4.68. The van der Waals surface area contributed by atoms with E-state index in [4.69, 9.17) is 0 Å². The molecule has 0 aliphatic heterocycles. The summed E-state index contributed by atoms with van der Waals surface area (Å²) in [4.78, 5) is 11.9. The lowest BCUT2D eigenvalue weighted by atomic mass is 10.1. The topological polar surface area (TPSA) is 25.8 Å². The van der Waals surface area contributed by atoms with Crippen molar-refractivity contribution in [1.29, 1.82) is 0 Å². The molecule has 5 aromatic rings. The van der Waals surface area contributed by atoms with Crippen LogP contribution in [-0.2, 0) is 11.5 Å². The summed E-state index contributed by atoms with van der Waals surface area (Å²) in [7, 11) is 0. The van der Waals surface area contributed by atoms with E-state index in [1.165, 1.54) is 20.9 Å². The zero-order valence-corrected chi connectivity index (χ0v) is 24.8. The van der Waals surface area contributed by atoms with E-state index in [2.05, 4.69) is 143 Å². The average Bonchev–Trinajstić information content (AvgIpc) is 3.02. The van der Waals surface area contributed by atoms with Gasteiger partial charge in [-0.05, 0) is 71.0 Å². The summed E-state index contributed by atoms with van der Waals surface area (Å²) in [6.07, 6.45) is 10.3. The zero-order valence-electron chi connectivity index (χ0n) is 22.3. The molecule has 0 aliphatic carbocycles. The number of hydrogen-bond donors (Lipinski definition) is 0. The van der Waals surface area contributed by atoms with E-state index in [0.717, 1.165) is 39.2 Å². The van der Waals surface area contributed by atoms with Gasteiger partial charge in [0, 0.05) is 21.3 Å². The van der Waals surface area contributed by atoms with Crippen LogP contribution in [0, 0.1) is 0 Å². The third-order valence-electron chi connectivity index (χ3n) is 6.08. The number of hydrogen-bond acceptors (Lipinski definition) is 5. The van der Waals surface area contributed by atoms with Crippen LogP contribution in [0.4, 0.5) is 0 Å². The lowest BCUT2D eigenvalue weighted by molar-refractivity contribution is 0.952. The van der Waals surface area contributed by atoms with Gasteiger partial charge in [0.2, 0.25) is 0 Å². The number of aromatic nitrogens is 2. The molecule has 0 bridgehead atoms. The molecule has 2 nitrogen and oxygen atoms in total. The predicted octanol–water partition coefficient (Wildman–Crippen LogP) is 10.1. The summed E-state index contributed by atoms with van der Waals surface area (Å²) >= 11 is 5.26. The van der Waals surface area contributed by atoms with Crippen molar-refractivity contribution in [2.75, 3.05) is 6.26 Å². The molecule has 5 heteroatoms. The largest absolute Gasteiger partial charge is 0.223 e. The number of thioether (sulfide) groups is 3. The van der Waals surface area contributed by atoms with Gasteiger partial charge in [-0.25, -0.2) is 9.97 Å². The van der Waals surface area contributed by atoms with Crippen molar-refractivity contribution in [2.24, 2.45) is 0 Å². The number of benzene rings is 4. The van der Waals surface area contributed by atoms with Crippen LogP contribution < -0.4 is 0 Å². The van der Waals surface area contributed by atoms with Crippen molar-refractivity contribution in [3.8, 4) is 0 Å². The Balaban J connectivity index is 1.20. The molecule has 0 radical (unpaired) electrons. The first-order valence-corrected chi connectivity index (χ1v) is 16.3. The molecule has 0 atom stereocenters. The first-order chi connectivity index (χ1) is 19.7. The number of rotatable bonds is 11. The lowest BCUT2D eigenvalue weighted by Crippen LogP contribution is -1.92. The molecule has 0 fully saturated rings. The number of nitrogens with zero attached hydrogens (tertiary/aromatic N) is 2. The van der Waals surface area contributed by atoms with E-state index in [1.54, 1.807) is 11.8 Å². The van der Waals surface area contributed by atoms with Crippen molar-refractivity contribution >= 4 is 59.6 Å². The Hall–Kier alpha value is -3.51. The van der Waals surface area contributed by atoms with Crippen LogP contribution in [0.25, 0.3) is 24.3 Å². The van der Waals surface area contributed by atoms with Gasteiger partial charge in [0.15, 0.2) is 5.16 Å². The molecule has 1 aromatic heterocycles. The second-order valence-corrected chi connectivity index (χ2v) is 11.9. The van der Waals surface area contributed by atoms with Crippen LogP contribution in [0.3, 0.4) is 0 Å². The molecule has 4 aromatic carbocycles. The summed E-state index contributed by atoms with van der Waals surface area (Å²) in [6.45, 7) is 0. The van der Waals surface area contributed by atoms with Crippen LogP contribution in [0.5, 0.6) is 0 Å². The molecular weight excluding hydrogens is 545 g/mol. The molecule has 198 valence electrons. The minimum Gasteiger partial charge on any atom is -0.223 e. The minimum absolute atomic E-state index is 0.766. The third-order valence-corrected chi connectivity index (χ3v) is 8.79. The molecule has 40 heavy (non-hydrogen) atoms. The smallest absolute Gasteiger partial charge is 0.188 e. The van der Waals surface area contributed by atoms with Gasteiger partial charge in [0.1, 0.15) is 0 Å². The first kappa shape index (κ1) is 28.0. The van der Waals surface area contributed by atoms with E-state index in [9.17, 15) is 0 Å². The predicted molar refractivity (Wildman–Crippen MR) is 177 cm³/mol. The highest BCUT2D eigenvalue weighted by Gasteiger charge is 2.02. The highest BCUT2D eigenvalue weighted by Crippen LogP contribution is 2.25. The van der Waals surface area contributed by atoms with Crippen molar-refractivity contribution in [2.45, 2.75) is 26.5 Å². The van der Waals surface area contributed by atoms with E-state index < -0.39 is 0 Å². The summed E-state index contributed by atoms with van der Waals surface area (Å²) in [5.74, 6) is 1.95. The Morgan fingerprint density at radius 3 is 1.35 bits per heavy atom. The first-order valence-electron chi connectivity index (χ1n) is 13.1. The van der Waals surface area contributed by atoms with Gasteiger partial charge in [0.05, 0.1) is 11.4 Å². The van der Waals surface area contributed by atoms with Crippen LogP contribution >= 0.6 is 35.3 Å². The Morgan fingerprint density at radius 2 is 0.950 bits per heavy atom. The van der Waals surface area contributed by atoms with Crippen LogP contribution in [-0.4, -0.2) is 16.2 Å². The van der Waals surface area contributed by atoms with Crippen LogP contribution in [0.15, 0.2) is 130 Å². The summed E-state index contributed by atoms with van der Waals surface area (Å²) in [5, 5.41) is 0.766. The van der Waals surface area contributed by atoms with E-state index >= 15 is 0 Å². The van der Waals surface area contributed by atoms with Crippen molar-refractivity contribution < 1.29 is 0 Å². The Morgan fingerprint density at radius 1 is 0.525 bits per heavy atom. The minimum atomic E-state index is 0.766. The van der Waals surface area contributed by atoms with E-state index in [1.807, 2.05) is 35.8 Å². The second kappa shape index (κ2) is 14.8. The summed E-state index contributed by atoms with van der Waals surface area (Å²) in [5.41, 5.74) is 6.77. The quantitative estimate of drug-likeness (QED) is 0.115. The molecule has 0 saturated heterocycles. The fourth-order valence-electron chi connectivity index (χ4n) is 3.92. The van der Waals surface area contributed by atoms with E-state index in [-0.39, 0.29) is 0 Å². The standard InChI is InChI=1S/C35H30N2S3/c1-38-35-36-31(18-12-27-14-20-33(21-15-27)39-25-29-8-4-2-5-9-29)24-32(37-35)19-13-28-16-22-34(23-17-28)40-26-30-10-6-3-7-11-30/h2-24H,25-26H2,1H3/b18-12+,19-13+. The molecule has 5 rings (SSSR count). The fraction of sp³-hybridized carbons (Fsp3) is 0.0857. The molecule has 0 N–H and O–H groups in total. The monoisotopic (exact) mass is 574 g/mol. The summed E-state index contributed by atoms with van der Waals surface area (Å²) < 4.78 is 0. The van der Waals surface area contributed by atoms with Crippen molar-refractivity contribution in [3.63, 3.8) is 0 Å². The molecule has 0 amide bonds. The molecular formula is C35H30N2S3. The maximum Gasteiger partial charge on any atom is 0.188 e. The van der Waals surface area contributed by atoms with Crippen LogP contribution in [0.2, 0.25) is 0 Å². The van der Waals surface area contributed by atoms with Crippen molar-refractivity contribution in [3.05, 3.63) is 149 Å². The van der Waals surface area contributed by atoms with E-state index in [0.29, 0.717) is 0 Å². The molecule has 0 spiro atoms. The van der Waals surface area contributed by atoms with Gasteiger partial charge in [-0.3, -0.25) is 0 Å². The Kier molecular flexibility index (Phi) is 10.3. The van der Waals surface area contributed by atoms with Crippen LogP contribution in [0.1, 0.15) is 33.6 Å². The third kappa shape index (κ3) is 8.75. The van der Waals surface area contributed by atoms with Gasteiger partial charge in [0.25, 0.3) is 0 Å². The van der Waals surface area contributed by atoms with Gasteiger partial charge >= 0.3 is 0 Å². The molecule has 1 heterocycles.